The highest BCUT2D eigenvalue weighted by atomic mass is 16.5. The summed E-state index contributed by atoms with van der Waals surface area (Å²) >= 11 is 0. The van der Waals surface area contributed by atoms with Gasteiger partial charge < -0.3 is 19.0 Å². The predicted molar refractivity (Wildman–Crippen MR) is 91.0 cm³/mol. The highest BCUT2D eigenvalue weighted by Crippen LogP contribution is 2.25. The third kappa shape index (κ3) is 3.02. The minimum atomic E-state index is -0.358. The number of ether oxygens (including phenoxy) is 1. The third-order valence-electron chi connectivity index (χ3n) is 4.57. The molecule has 25 heavy (non-hydrogen) atoms. The van der Waals surface area contributed by atoms with Gasteiger partial charge in [-0.15, -0.1) is 10.2 Å². The fourth-order valence-electron chi connectivity index (χ4n) is 3.33. The van der Waals surface area contributed by atoms with Crippen LogP contribution in [0, 0.1) is 13.8 Å². The van der Waals surface area contributed by atoms with Crippen molar-refractivity contribution in [2.24, 2.45) is 0 Å². The number of nitrogens with one attached hydrogen (secondary N) is 1. The van der Waals surface area contributed by atoms with Gasteiger partial charge in [0.05, 0.1) is 19.6 Å². The van der Waals surface area contributed by atoms with E-state index in [1.807, 2.05) is 23.2 Å². The first-order valence-corrected chi connectivity index (χ1v) is 8.37. The van der Waals surface area contributed by atoms with E-state index < -0.39 is 0 Å². The second-order valence-electron chi connectivity index (χ2n) is 6.35. The van der Waals surface area contributed by atoms with Gasteiger partial charge in [-0.25, -0.2) is 0 Å². The first-order chi connectivity index (χ1) is 12.1. The molecule has 1 atom stereocenters. The van der Waals surface area contributed by atoms with Gasteiger partial charge in [0.15, 0.2) is 6.10 Å². The van der Waals surface area contributed by atoms with E-state index in [4.69, 9.17) is 9.15 Å². The van der Waals surface area contributed by atoms with Crippen LogP contribution in [-0.2, 0) is 16.0 Å². The van der Waals surface area contributed by atoms with Gasteiger partial charge >= 0.3 is 0 Å². The number of H-pyrrole nitrogens is 1. The van der Waals surface area contributed by atoms with Crippen molar-refractivity contribution in [1.29, 1.82) is 0 Å². The molecule has 0 spiro atoms. The molecule has 1 saturated heterocycles. The summed E-state index contributed by atoms with van der Waals surface area (Å²) in [6.07, 6.45) is 1.93. The Hall–Kier alpha value is -2.67. The molecule has 1 unspecified atom stereocenters. The van der Waals surface area contributed by atoms with Gasteiger partial charge in [-0.05, 0) is 24.1 Å². The molecule has 0 bridgehead atoms. The normalized spacial score (nSPS) is 18.0. The molecule has 1 aliphatic rings. The summed E-state index contributed by atoms with van der Waals surface area (Å²) in [6, 6.07) is 6.10. The monoisotopic (exact) mass is 340 g/mol. The van der Waals surface area contributed by atoms with Crippen LogP contribution in [0.5, 0.6) is 0 Å². The zero-order valence-corrected chi connectivity index (χ0v) is 14.3. The molecule has 0 aliphatic carbocycles. The molecule has 7 heteroatoms. The molecule has 7 nitrogen and oxygen atoms in total. The molecule has 2 aromatic heterocycles. The topological polar surface area (TPSA) is 84.2 Å². The van der Waals surface area contributed by atoms with Gasteiger partial charge in [-0.3, -0.25) is 4.79 Å². The number of carbonyl (C=O) groups is 1. The molecule has 3 aromatic rings. The number of aryl methyl sites for hydroxylation is 2. The maximum atomic E-state index is 12.8. The first-order valence-electron chi connectivity index (χ1n) is 8.37. The van der Waals surface area contributed by atoms with Gasteiger partial charge in [-0.1, -0.05) is 12.1 Å². The summed E-state index contributed by atoms with van der Waals surface area (Å²) < 4.78 is 11.1. The molecule has 130 valence electrons. The van der Waals surface area contributed by atoms with Gasteiger partial charge in [-0.2, -0.15) is 0 Å². The lowest BCUT2D eigenvalue weighted by molar-refractivity contribution is -0.139. The number of rotatable bonds is 3. The average molecular weight is 340 g/mol. The van der Waals surface area contributed by atoms with Crippen LogP contribution in [0.15, 0.2) is 28.8 Å². The Morgan fingerprint density at radius 2 is 2.24 bits per heavy atom. The Labute approximate surface area is 145 Å². The van der Waals surface area contributed by atoms with E-state index >= 15 is 0 Å². The van der Waals surface area contributed by atoms with Crippen molar-refractivity contribution >= 4 is 16.8 Å². The fourth-order valence-corrected chi connectivity index (χ4v) is 3.33. The smallest absolute Gasteiger partial charge is 0.246 e. The van der Waals surface area contributed by atoms with E-state index in [-0.39, 0.29) is 12.0 Å². The number of aromatic amines is 1. The first kappa shape index (κ1) is 15.8. The van der Waals surface area contributed by atoms with Gasteiger partial charge in [0.1, 0.15) is 0 Å². The molecule has 0 radical (unpaired) electrons. The second kappa shape index (κ2) is 6.33. The number of carbonyl (C=O) groups excluding carboxylic acids is 1. The molecule has 1 aromatic carbocycles. The molecule has 1 aliphatic heterocycles. The summed E-state index contributed by atoms with van der Waals surface area (Å²) in [7, 11) is 0. The van der Waals surface area contributed by atoms with Crippen LogP contribution in [0.3, 0.4) is 0 Å². The molecule has 1 amide bonds. The Balaban J connectivity index is 1.50. The van der Waals surface area contributed by atoms with E-state index in [0.717, 1.165) is 16.5 Å². The molecular formula is C18H20N4O3. The number of amides is 1. The quantitative estimate of drug-likeness (QED) is 0.791. The van der Waals surface area contributed by atoms with E-state index in [0.29, 0.717) is 37.9 Å². The fraction of sp³-hybridized carbons (Fsp3) is 0.389. The molecule has 1 N–H and O–H groups in total. The van der Waals surface area contributed by atoms with Crippen LogP contribution in [-0.4, -0.2) is 45.7 Å². The lowest BCUT2D eigenvalue weighted by Gasteiger charge is -2.31. The third-order valence-corrected chi connectivity index (χ3v) is 4.57. The van der Waals surface area contributed by atoms with Crippen molar-refractivity contribution in [2.45, 2.75) is 26.4 Å². The minimum Gasteiger partial charge on any atom is -0.423 e. The second-order valence-corrected chi connectivity index (χ2v) is 6.35. The van der Waals surface area contributed by atoms with E-state index in [1.165, 1.54) is 5.56 Å². The van der Waals surface area contributed by atoms with Crippen LogP contribution in [0.2, 0.25) is 0 Å². The van der Waals surface area contributed by atoms with Crippen molar-refractivity contribution in [3.8, 4) is 0 Å². The Morgan fingerprint density at radius 1 is 1.36 bits per heavy atom. The Kier molecular flexibility index (Phi) is 4.01. The van der Waals surface area contributed by atoms with Crippen LogP contribution >= 0.6 is 0 Å². The molecule has 0 saturated carbocycles. The average Bonchev–Trinajstić information content (AvgIpc) is 3.22. The van der Waals surface area contributed by atoms with Crippen molar-refractivity contribution in [3.63, 3.8) is 0 Å². The molecular weight excluding hydrogens is 320 g/mol. The van der Waals surface area contributed by atoms with Crippen LogP contribution in [0.4, 0.5) is 0 Å². The molecule has 4 rings (SSSR count). The maximum absolute atomic E-state index is 12.8. The standard InChI is InChI=1S/C18H20N4O3/c1-11-4-3-5-14-17(11)13(9-19-14)8-16(23)22-6-7-24-15(10-22)18-21-20-12(2)25-18/h3-5,9,15,19H,6-8,10H2,1-2H3. The summed E-state index contributed by atoms with van der Waals surface area (Å²) in [5, 5.41) is 8.97. The predicted octanol–water partition coefficient (Wildman–Crippen LogP) is 2.31. The Morgan fingerprint density at radius 3 is 3.04 bits per heavy atom. The van der Waals surface area contributed by atoms with Gasteiger partial charge in [0.25, 0.3) is 0 Å². The van der Waals surface area contributed by atoms with E-state index in [2.05, 4.69) is 28.2 Å². The highest BCUT2D eigenvalue weighted by molar-refractivity contribution is 5.91. The van der Waals surface area contributed by atoms with Crippen LogP contribution in [0.1, 0.15) is 29.0 Å². The van der Waals surface area contributed by atoms with Crippen molar-refractivity contribution in [2.75, 3.05) is 19.7 Å². The number of morpholine rings is 1. The summed E-state index contributed by atoms with van der Waals surface area (Å²) in [5.41, 5.74) is 3.25. The van der Waals surface area contributed by atoms with Gasteiger partial charge in [0, 0.05) is 30.6 Å². The van der Waals surface area contributed by atoms with E-state index in [9.17, 15) is 4.79 Å². The minimum absolute atomic E-state index is 0.0775. The van der Waals surface area contributed by atoms with Crippen LogP contribution < -0.4 is 0 Å². The number of hydrogen-bond acceptors (Lipinski definition) is 5. The highest BCUT2D eigenvalue weighted by Gasteiger charge is 2.29. The summed E-state index contributed by atoms with van der Waals surface area (Å²) in [6.45, 7) is 5.27. The number of nitrogens with zero attached hydrogens (tertiary/aromatic N) is 3. The zero-order chi connectivity index (χ0) is 17.4. The van der Waals surface area contributed by atoms with Crippen LogP contribution in [0.25, 0.3) is 10.9 Å². The summed E-state index contributed by atoms with van der Waals surface area (Å²) in [5.74, 6) is 1.00. The number of hydrogen-bond donors (Lipinski definition) is 1. The number of benzene rings is 1. The SMILES string of the molecule is Cc1nnc(C2CN(C(=O)Cc3c[nH]c4cccc(C)c34)CCO2)o1. The number of aromatic nitrogens is 3. The summed E-state index contributed by atoms with van der Waals surface area (Å²) in [4.78, 5) is 17.8. The Bertz CT molecular complexity index is 914. The van der Waals surface area contributed by atoms with Gasteiger partial charge in [0.2, 0.25) is 17.7 Å². The number of fused-ring (bicyclic) bond motifs is 1. The molecule has 1 fully saturated rings. The van der Waals surface area contributed by atoms with Crippen molar-refractivity contribution < 1.29 is 13.9 Å². The van der Waals surface area contributed by atoms with Crippen molar-refractivity contribution in [1.82, 2.24) is 20.1 Å². The molecule has 3 heterocycles. The lowest BCUT2D eigenvalue weighted by atomic mass is 10.0. The zero-order valence-electron chi connectivity index (χ0n) is 14.3. The lowest BCUT2D eigenvalue weighted by Crippen LogP contribution is -2.43. The largest absolute Gasteiger partial charge is 0.423 e. The maximum Gasteiger partial charge on any atom is 0.246 e. The van der Waals surface area contributed by atoms with Crippen molar-refractivity contribution in [3.05, 3.63) is 47.3 Å². The van der Waals surface area contributed by atoms with E-state index in [1.54, 1.807) is 6.92 Å².